The standard InChI is InChI=1S/C7H9NO2.BH3O2/c1-9-6-4-3-5-8-7(6)10-2;2-1-3/h3-5H,1-2H3;1-3H. The van der Waals surface area contributed by atoms with Gasteiger partial charge in [0.25, 0.3) is 5.88 Å². The highest BCUT2D eigenvalue weighted by Crippen LogP contribution is 2.21. The summed E-state index contributed by atoms with van der Waals surface area (Å²) in [5, 5.41) is 14.2. The lowest BCUT2D eigenvalue weighted by molar-refractivity contribution is 0.343. The van der Waals surface area contributed by atoms with Gasteiger partial charge in [-0.05, 0) is 12.1 Å². The molecule has 0 amide bonds. The Kier molecular flexibility index (Phi) is 6.67. The van der Waals surface area contributed by atoms with Crippen LogP contribution in [0.1, 0.15) is 0 Å². The van der Waals surface area contributed by atoms with Crippen LogP contribution in [0.3, 0.4) is 0 Å². The van der Waals surface area contributed by atoms with Gasteiger partial charge in [-0.3, -0.25) is 0 Å². The van der Waals surface area contributed by atoms with Crippen LogP contribution in [0, 0.1) is 0 Å². The molecule has 0 aliphatic rings. The summed E-state index contributed by atoms with van der Waals surface area (Å²) < 4.78 is 9.85. The molecule has 0 aromatic carbocycles. The van der Waals surface area contributed by atoms with Crippen LogP contribution in [0.15, 0.2) is 18.3 Å². The van der Waals surface area contributed by atoms with Crippen LogP contribution < -0.4 is 9.47 Å². The molecule has 0 aliphatic heterocycles. The van der Waals surface area contributed by atoms with Crippen molar-refractivity contribution < 1.29 is 19.5 Å². The summed E-state index contributed by atoms with van der Waals surface area (Å²) in [6.07, 6.45) is 1.65. The summed E-state index contributed by atoms with van der Waals surface area (Å²) in [7, 11) is 2.39. The smallest absolute Gasteiger partial charge is 0.432 e. The number of rotatable bonds is 2. The maximum Gasteiger partial charge on any atom is 0.432 e. The highest BCUT2D eigenvalue weighted by Gasteiger charge is 1.99. The van der Waals surface area contributed by atoms with Gasteiger partial charge in [0.05, 0.1) is 14.2 Å². The minimum atomic E-state index is -0.750. The molecule has 0 fully saturated rings. The molecule has 1 aromatic rings. The first-order valence-electron chi connectivity index (χ1n) is 3.54. The highest BCUT2D eigenvalue weighted by molar-refractivity contribution is 6.13. The summed E-state index contributed by atoms with van der Waals surface area (Å²) in [6.45, 7) is 0. The van der Waals surface area contributed by atoms with Gasteiger partial charge in [0, 0.05) is 6.20 Å². The average Bonchev–Trinajstić information content (AvgIpc) is 2.19. The lowest BCUT2D eigenvalue weighted by Crippen LogP contribution is -1.91. The maximum atomic E-state index is 7.12. The van der Waals surface area contributed by atoms with E-state index in [-0.39, 0.29) is 0 Å². The lowest BCUT2D eigenvalue weighted by Gasteiger charge is -2.03. The molecular formula is C7H12BNO4. The van der Waals surface area contributed by atoms with Gasteiger partial charge in [0.2, 0.25) is 0 Å². The zero-order valence-electron chi connectivity index (χ0n) is 7.60. The molecule has 72 valence electrons. The summed E-state index contributed by atoms with van der Waals surface area (Å²) in [4.78, 5) is 3.92. The van der Waals surface area contributed by atoms with Crippen molar-refractivity contribution in [2.75, 3.05) is 14.2 Å². The third-order valence-electron chi connectivity index (χ3n) is 1.15. The van der Waals surface area contributed by atoms with Gasteiger partial charge in [-0.25, -0.2) is 4.98 Å². The zero-order chi connectivity index (χ0) is 10.1. The normalized spacial score (nSPS) is 8.00. The van der Waals surface area contributed by atoms with Crippen LogP contribution >= 0.6 is 0 Å². The molecule has 0 bridgehead atoms. The fourth-order valence-corrected chi connectivity index (χ4v) is 0.685. The number of hydrogen-bond donors (Lipinski definition) is 2. The fourth-order valence-electron chi connectivity index (χ4n) is 0.685. The van der Waals surface area contributed by atoms with Gasteiger partial charge in [0.1, 0.15) is 0 Å². The SMILES string of the molecule is COc1cccnc1OC.OBO. The van der Waals surface area contributed by atoms with Crippen LogP contribution in [-0.4, -0.2) is 36.9 Å². The van der Waals surface area contributed by atoms with E-state index in [1.165, 1.54) is 0 Å². The average molecular weight is 185 g/mol. The van der Waals surface area contributed by atoms with Crippen molar-refractivity contribution in [1.29, 1.82) is 0 Å². The van der Waals surface area contributed by atoms with E-state index in [0.29, 0.717) is 11.6 Å². The Hall–Kier alpha value is -1.27. The predicted octanol–water partition coefficient (Wildman–Crippen LogP) is -0.664. The summed E-state index contributed by atoms with van der Waals surface area (Å²) in [6, 6.07) is 3.59. The van der Waals surface area contributed by atoms with Gasteiger partial charge in [0.15, 0.2) is 5.75 Å². The van der Waals surface area contributed by atoms with E-state index in [9.17, 15) is 0 Å². The van der Waals surface area contributed by atoms with Crippen molar-refractivity contribution in [1.82, 2.24) is 4.98 Å². The molecule has 0 spiro atoms. The van der Waals surface area contributed by atoms with E-state index in [1.807, 2.05) is 0 Å². The predicted molar refractivity (Wildman–Crippen MR) is 48.9 cm³/mol. The largest absolute Gasteiger partial charge is 0.491 e. The molecule has 0 aliphatic carbocycles. The third-order valence-corrected chi connectivity index (χ3v) is 1.15. The Morgan fingerprint density at radius 2 is 1.92 bits per heavy atom. The van der Waals surface area contributed by atoms with Crippen molar-refractivity contribution in [3.63, 3.8) is 0 Å². The van der Waals surface area contributed by atoms with Crippen molar-refractivity contribution in [3.8, 4) is 11.6 Å². The number of methoxy groups -OCH3 is 2. The number of ether oxygens (including phenoxy) is 2. The first-order valence-corrected chi connectivity index (χ1v) is 3.54. The molecule has 13 heavy (non-hydrogen) atoms. The Morgan fingerprint density at radius 3 is 2.31 bits per heavy atom. The molecule has 1 aromatic heterocycles. The van der Waals surface area contributed by atoms with E-state index in [1.54, 1.807) is 32.5 Å². The van der Waals surface area contributed by atoms with Crippen molar-refractivity contribution in [2.45, 2.75) is 0 Å². The Labute approximate surface area is 77.3 Å². The molecule has 0 radical (unpaired) electrons. The number of aromatic nitrogens is 1. The maximum absolute atomic E-state index is 7.12. The van der Waals surface area contributed by atoms with E-state index < -0.39 is 7.69 Å². The third kappa shape index (κ3) is 4.34. The first kappa shape index (κ1) is 11.7. The Morgan fingerprint density at radius 1 is 1.31 bits per heavy atom. The number of hydrogen-bond acceptors (Lipinski definition) is 5. The van der Waals surface area contributed by atoms with Crippen LogP contribution in [-0.2, 0) is 0 Å². The molecule has 5 nitrogen and oxygen atoms in total. The van der Waals surface area contributed by atoms with Gasteiger partial charge in [-0.15, -0.1) is 0 Å². The van der Waals surface area contributed by atoms with Crippen molar-refractivity contribution in [2.24, 2.45) is 0 Å². The molecule has 0 atom stereocenters. The van der Waals surface area contributed by atoms with Crippen molar-refractivity contribution in [3.05, 3.63) is 18.3 Å². The lowest BCUT2D eigenvalue weighted by atomic mass is 10.4. The molecule has 2 N–H and O–H groups in total. The fraction of sp³-hybridized carbons (Fsp3) is 0.286. The van der Waals surface area contributed by atoms with Gasteiger partial charge in [-0.2, -0.15) is 0 Å². The molecule has 1 heterocycles. The van der Waals surface area contributed by atoms with Crippen molar-refractivity contribution >= 4 is 7.69 Å². The Bertz CT molecular complexity index is 210. The number of nitrogens with zero attached hydrogens (tertiary/aromatic N) is 1. The summed E-state index contributed by atoms with van der Waals surface area (Å²) >= 11 is 0. The monoisotopic (exact) mass is 185 g/mol. The quantitative estimate of drug-likeness (QED) is 0.598. The van der Waals surface area contributed by atoms with Gasteiger partial charge in [-0.1, -0.05) is 0 Å². The van der Waals surface area contributed by atoms with E-state index in [4.69, 9.17) is 19.5 Å². The van der Waals surface area contributed by atoms with Crippen LogP contribution in [0.2, 0.25) is 0 Å². The summed E-state index contributed by atoms with van der Waals surface area (Å²) in [5.74, 6) is 1.18. The molecule has 0 unspecified atom stereocenters. The van der Waals surface area contributed by atoms with Crippen LogP contribution in [0.5, 0.6) is 11.6 Å². The highest BCUT2D eigenvalue weighted by atomic mass is 16.5. The van der Waals surface area contributed by atoms with E-state index >= 15 is 0 Å². The second kappa shape index (κ2) is 7.39. The minimum absolute atomic E-state index is 0.519. The second-order valence-corrected chi connectivity index (χ2v) is 1.86. The zero-order valence-corrected chi connectivity index (χ0v) is 7.60. The minimum Gasteiger partial charge on any atom is -0.491 e. The Balaban J connectivity index is 0.000000424. The molecular weight excluding hydrogens is 173 g/mol. The van der Waals surface area contributed by atoms with E-state index in [0.717, 1.165) is 0 Å². The molecule has 1 rings (SSSR count). The van der Waals surface area contributed by atoms with Crippen LogP contribution in [0.25, 0.3) is 0 Å². The summed E-state index contributed by atoms with van der Waals surface area (Å²) in [5.41, 5.74) is 0. The molecule has 6 heteroatoms. The molecule has 0 saturated heterocycles. The topological polar surface area (TPSA) is 71.8 Å². The van der Waals surface area contributed by atoms with Gasteiger partial charge < -0.3 is 19.5 Å². The molecule has 0 saturated carbocycles. The van der Waals surface area contributed by atoms with Gasteiger partial charge >= 0.3 is 7.69 Å². The first-order chi connectivity index (χ1) is 6.29. The van der Waals surface area contributed by atoms with Crippen LogP contribution in [0.4, 0.5) is 0 Å². The number of pyridine rings is 1. The second-order valence-electron chi connectivity index (χ2n) is 1.86. The van der Waals surface area contributed by atoms with E-state index in [2.05, 4.69) is 4.98 Å².